The van der Waals surface area contributed by atoms with Crippen molar-refractivity contribution < 1.29 is 9.84 Å². The van der Waals surface area contributed by atoms with Crippen molar-refractivity contribution in [1.82, 2.24) is 5.32 Å². The number of hydrogen-bond acceptors (Lipinski definition) is 3. The fraction of sp³-hybridized carbons (Fsp3) is 1.00. The van der Waals surface area contributed by atoms with Crippen LogP contribution in [-0.4, -0.2) is 37.5 Å². The van der Waals surface area contributed by atoms with Crippen molar-refractivity contribution in [3.8, 4) is 0 Å². The van der Waals surface area contributed by atoms with Gasteiger partial charge < -0.3 is 15.2 Å². The third kappa shape index (κ3) is 2.22. The van der Waals surface area contributed by atoms with Crippen molar-refractivity contribution >= 4 is 0 Å². The van der Waals surface area contributed by atoms with E-state index >= 15 is 0 Å². The van der Waals surface area contributed by atoms with E-state index in [1.807, 2.05) is 0 Å². The number of aliphatic hydroxyl groups is 1. The quantitative estimate of drug-likeness (QED) is 0.653. The van der Waals surface area contributed by atoms with Crippen LogP contribution in [0.4, 0.5) is 0 Å². The summed E-state index contributed by atoms with van der Waals surface area (Å²) in [5.74, 6) is 1.47. The maximum absolute atomic E-state index is 8.99. The van der Waals surface area contributed by atoms with Crippen molar-refractivity contribution in [3.63, 3.8) is 0 Å². The second-order valence-corrected chi connectivity index (χ2v) is 4.26. The van der Waals surface area contributed by atoms with Crippen molar-refractivity contribution in [2.24, 2.45) is 11.8 Å². The molecule has 0 aromatic rings. The van der Waals surface area contributed by atoms with Crippen LogP contribution in [0.2, 0.25) is 0 Å². The summed E-state index contributed by atoms with van der Waals surface area (Å²) in [6.07, 6.45) is 3.65. The molecule has 0 amide bonds. The molecule has 0 aromatic heterocycles. The summed E-state index contributed by atoms with van der Waals surface area (Å²) in [4.78, 5) is 0. The summed E-state index contributed by atoms with van der Waals surface area (Å²) in [5, 5.41) is 12.3. The summed E-state index contributed by atoms with van der Waals surface area (Å²) in [5.41, 5.74) is 0. The maximum atomic E-state index is 8.99. The summed E-state index contributed by atoms with van der Waals surface area (Å²) >= 11 is 0. The molecule has 0 aliphatic carbocycles. The molecule has 2 fully saturated rings. The first-order valence-corrected chi connectivity index (χ1v) is 5.32. The maximum Gasteiger partial charge on any atom is 0.0584 e. The van der Waals surface area contributed by atoms with Gasteiger partial charge in [0.1, 0.15) is 0 Å². The molecule has 0 spiro atoms. The Kier molecular flexibility index (Phi) is 3.19. The standard InChI is InChI=1S/C10H19NO2/c12-6-10-4-9(5-11-10)8-2-1-3-13-7-8/h8-12H,1-7H2. The lowest BCUT2D eigenvalue weighted by molar-refractivity contribution is 0.0334. The van der Waals surface area contributed by atoms with E-state index in [1.165, 1.54) is 12.8 Å². The fourth-order valence-corrected chi connectivity index (χ4v) is 2.49. The SMILES string of the molecule is OCC1CC(C2CCCOC2)CN1. The van der Waals surface area contributed by atoms with Crippen LogP contribution >= 0.6 is 0 Å². The van der Waals surface area contributed by atoms with Gasteiger partial charge >= 0.3 is 0 Å². The van der Waals surface area contributed by atoms with Crippen LogP contribution in [0.1, 0.15) is 19.3 Å². The third-order valence-corrected chi connectivity index (χ3v) is 3.34. The second kappa shape index (κ2) is 4.40. The molecule has 2 aliphatic rings. The van der Waals surface area contributed by atoms with Crippen LogP contribution in [0.5, 0.6) is 0 Å². The van der Waals surface area contributed by atoms with E-state index in [2.05, 4.69) is 5.32 Å². The van der Waals surface area contributed by atoms with E-state index in [-0.39, 0.29) is 6.61 Å². The Morgan fingerprint density at radius 2 is 2.31 bits per heavy atom. The Balaban J connectivity index is 1.80. The molecule has 0 aromatic carbocycles. The van der Waals surface area contributed by atoms with Crippen molar-refractivity contribution in [1.29, 1.82) is 0 Å². The molecule has 3 nitrogen and oxygen atoms in total. The molecule has 2 aliphatic heterocycles. The first kappa shape index (κ1) is 9.44. The molecule has 3 unspecified atom stereocenters. The van der Waals surface area contributed by atoms with E-state index in [9.17, 15) is 0 Å². The number of nitrogens with one attached hydrogen (secondary N) is 1. The number of ether oxygens (including phenoxy) is 1. The zero-order valence-corrected chi connectivity index (χ0v) is 8.04. The summed E-state index contributed by atoms with van der Waals surface area (Å²) < 4.78 is 5.47. The van der Waals surface area contributed by atoms with Gasteiger partial charge in [-0.05, 0) is 37.6 Å². The van der Waals surface area contributed by atoms with Crippen LogP contribution in [0, 0.1) is 11.8 Å². The molecule has 2 saturated heterocycles. The van der Waals surface area contributed by atoms with Gasteiger partial charge in [0.25, 0.3) is 0 Å². The zero-order chi connectivity index (χ0) is 9.10. The largest absolute Gasteiger partial charge is 0.395 e. The lowest BCUT2D eigenvalue weighted by atomic mass is 9.86. The lowest BCUT2D eigenvalue weighted by Crippen LogP contribution is -2.26. The van der Waals surface area contributed by atoms with Crippen molar-refractivity contribution in [2.45, 2.75) is 25.3 Å². The van der Waals surface area contributed by atoms with Crippen LogP contribution in [0.25, 0.3) is 0 Å². The Labute approximate surface area is 79.5 Å². The number of aliphatic hydroxyl groups excluding tert-OH is 1. The Bertz CT molecular complexity index is 157. The Morgan fingerprint density at radius 3 is 2.92 bits per heavy atom. The van der Waals surface area contributed by atoms with Gasteiger partial charge in [-0.2, -0.15) is 0 Å². The van der Waals surface area contributed by atoms with Crippen molar-refractivity contribution in [3.05, 3.63) is 0 Å². The molecule has 3 atom stereocenters. The van der Waals surface area contributed by atoms with Gasteiger partial charge in [-0.25, -0.2) is 0 Å². The molecule has 2 rings (SSSR count). The smallest absolute Gasteiger partial charge is 0.0584 e. The summed E-state index contributed by atoms with van der Waals surface area (Å²) in [6, 6.07) is 0.340. The topological polar surface area (TPSA) is 41.5 Å². The predicted octanol–water partition coefficient (Wildman–Crippen LogP) is 0.383. The Hall–Kier alpha value is -0.120. The summed E-state index contributed by atoms with van der Waals surface area (Å²) in [6.45, 7) is 3.23. The van der Waals surface area contributed by atoms with Crippen molar-refractivity contribution in [2.75, 3.05) is 26.4 Å². The molecule has 2 heterocycles. The van der Waals surface area contributed by atoms with Crippen LogP contribution in [0.3, 0.4) is 0 Å². The highest BCUT2D eigenvalue weighted by molar-refractivity contribution is 4.85. The summed E-state index contributed by atoms with van der Waals surface area (Å²) in [7, 11) is 0. The molecule has 3 heteroatoms. The minimum atomic E-state index is 0.282. The Morgan fingerprint density at radius 1 is 1.38 bits per heavy atom. The molecular formula is C10H19NO2. The van der Waals surface area contributed by atoms with Crippen LogP contribution in [-0.2, 0) is 4.74 Å². The van der Waals surface area contributed by atoms with E-state index in [0.717, 1.165) is 38.0 Å². The highest BCUT2D eigenvalue weighted by atomic mass is 16.5. The van der Waals surface area contributed by atoms with Gasteiger partial charge in [-0.15, -0.1) is 0 Å². The third-order valence-electron chi connectivity index (χ3n) is 3.34. The molecule has 13 heavy (non-hydrogen) atoms. The highest BCUT2D eigenvalue weighted by Crippen LogP contribution is 2.28. The number of rotatable bonds is 2. The monoisotopic (exact) mass is 185 g/mol. The molecule has 2 N–H and O–H groups in total. The van der Waals surface area contributed by atoms with Gasteiger partial charge in [0.05, 0.1) is 6.61 Å². The van der Waals surface area contributed by atoms with E-state index in [4.69, 9.17) is 9.84 Å². The average Bonchev–Trinajstić information content (AvgIpc) is 2.67. The number of hydrogen-bond donors (Lipinski definition) is 2. The fourth-order valence-electron chi connectivity index (χ4n) is 2.49. The van der Waals surface area contributed by atoms with Crippen LogP contribution in [0.15, 0.2) is 0 Å². The normalized spacial score (nSPS) is 40.8. The molecule has 76 valence electrons. The van der Waals surface area contributed by atoms with E-state index in [0.29, 0.717) is 6.04 Å². The van der Waals surface area contributed by atoms with Gasteiger partial charge in [-0.3, -0.25) is 0 Å². The minimum absolute atomic E-state index is 0.282. The molecule has 0 saturated carbocycles. The minimum Gasteiger partial charge on any atom is -0.395 e. The highest BCUT2D eigenvalue weighted by Gasteiger charge is 2.31. The molecule has 0 bridgehead atoms. The zero-order valence-electron chi connectivity index (χ0n) is 8.04. The van der Waals surface area contributed by atoms with Gasteiger partial charge in [0, 0.05) is 19.3 Å². The van der Waals surface area contributed by atoms with Gasteiger partial charge in [0.2, 0.25) is 0 Å². The lowest BCUT2D eigenvalue weighted by Gasteiger charge is -2.26. The van der Waals surface area contributed by atoms with E-state index in [1.54, 1.807) is 0 Å². The van der Waals surface area contributed by atoms with E-state index < -0.39 is 0 Å². The first-order chi connectivity index (χ1) is 6.40. The van der Waals surface area contributed by atoms with Gasteiger partial charge in [0.15, 0.2) is 0 Å². The predicted molar refractivity (Wildman–Crippen MR) is 50.5 cm³/mol. The van der Waals surface area contributed by atoms with Gasteiger partial charge in [-0.1, -0.05) is 0 Å². The first-order valence-electron chi connectivity index (χ1n) is 5.32. The second-order valence-electron chi connectivity index (χ2n) is 4.26. The molecular weight excluding hydrogens is 166 g/mol. The average molecular weight is 185 g/mol. The molecule has 0 radical (unpaired) electrons. The van der Waals surface area contributed by atoms with Crippen LogP contribution < -0.4 is 5.32 Å².